The molecular formula is C16H38N4O2. The molecule has 2 fully saturated rings. The molecule has 0 atom stereocenters. The molecule has 6 heteroatoms. The number of aliphatic hydroxyl groups excluding tert-OH is 1. The second-order valence-corrected chi connectivity index (χ2v) is 5.93. The van der Waals surface area contributed by atoms with E-state index in [1.807, 2.05) is 27.9 Å². The Hall–Kier alpha value is -0.240. The topological polar surface area (TPSA) is 60.0 Å². The number of piperazine rings is 1. The van der Waals surface area contributed by atoms with Crippen LogP contribution in [0, 0.1) is 5.41 Å². The van der Waals surface area contributed by atoms with Gasteiger partial charge in [-0.3, -0.25) is 4.90 Å². The molecule has 2 aliphatic heterocycles. The maximum absolute atomic E-state index is 8.85. The fraction of sp³-hybridized carbons (Fsp3) is 1.00. The van der Waals surface area contributed by atoms with Crippen LogP contribution in [0.4, 0.5) is 0 Å². The van der Waals surface area contributed by atoms with Crippen LogP contribution in [0.1, 0.15) is 13.8 Å². The smallest absolute Gasteiger partial charge is 0.0579 e. The molecule has 0 aromatic carbocycles. The Balaban J connectivity index is 0.000000366. The third-order valence-corrected chi connectivity index (χ3v) is 3.98. The molecule has 6 nitrogen and oxygen atoms in total. The van der Waals surface area contributed by atoms with Gasteiger partial charge in [-0.15, -0.1) is 0 Å². The molecule has 134 valence electrons. The normalized spacial score (nSPS) is 21.0. The number of hydrogen-bond acceptors (Lipinski definition) is 6. The lowest BCUT2D eigenvalue weighted by Crippen LogP contribution is -2.51. The van der Waals surface area contributed by atoms with Crippen LogP contribution in [-0.2, 0) is 4.74 Å². The SMILES string of the molecule is CC.CNCC1(CO)COC1.CNCCN1CCN(C)CC1. The summed E-state index contributed by atoms with van der Waals surface area (Å²) in [5.74, 6) is 0. The van der Waals surface area contributed by atoms with E-state index >= 15 is 0 Å². The van der Waals surface area contributed by atoms with Gasteiger partial charge < -0.3 is 25.4 Å². The quantitative estimate of drug-likeness (QED) is 0.625. The molecule has 0 spiro atoms. The number of aliphatic hydroxyl groups is 1. The van der Waals surface area contributed by atoms with E-state index in [1.165, 1.54) is 32.7 Å². The van der Waals surface area contributed by atoms with Crippen molar-refractivity contribution < 1.29 is 9.84 Å². The van der Waals surface area contributed by atoms with E-state index in [-0.39, 0.29) is 12.0 Å². The summed E-state index contributed by atoms with van der Waals surface area (Å²) >= 11 is 0. The Kier molecular flexibility index (Phi) is 13.1. The molecule has 0 radical (unpaired) electrons. The zero-order valence-corrected chi connectivity index (χ0v) is 15.3. The summed E-state index contributed by atoms with van der Waals surface area (Å²) in [5, 5.41) is 15.0. The number of hydrogen-bond donors (Lipinski definition) is 3. The summed E-state index contributed by atoms with van der Waals surface area (Å²) in [6.45, 7) is 13.7. The minimum absolute atomic E-state index is 0.0365. The average Bonchev–Trinajstić information content (AvgIpc) is 2.53. The molecule has 0 aliphatic carbocycles. The van der Waals surface area contributed by atoms with Crippen molar-refractivity contribution in [3.63, 3.8) is 0 Å². The minimum atomic E-state index is 0.0365. The Morgan fingerprint density at radius 3 is 1.95 bits per heavy atom. The fourth-order valence-electron chi connectivity index (χ4n) is 2.36. The van der Waals surface area contributed by atoms with E-state index in [0.29, 0.717) is 13.2 Å². The molecule has 2 rings (SSSR count). The molecule has 2 saturated heterocycles. The van der Waals surface area contributed by atoms with Crippen LogP contribution >= 0.6 is 0 Å². The van der Waals surface area contributed by atoms with Crippen molar-refractivity contribution in [3.05, 3.63) is 0 Å². The second-order valence-electron chi connectivity index (χ2n) is 5.93. The molecule has 0 aromatic rings. The van der Waals surface area contributed by atoms with Gasteiger partial charge in [-0.05, 0) is 21.1 Å². The number of likely N-dealkylation sites (N-methyl/N-ethyl adjacent to an activating group) is 2. The van der Waals surface area contributed by atoms with Crippen LogP contribution in [-0.4, -0.2) is 102 Å². The van der Waals surface area contributed by atoms with E-state index in [4.69, 9.17) is 9.84 Å². The van der Waals surface area contributed by atoms with Crippen molar-refractivity contribution in [2.75, 3.05) is 86.8 Å². The van der Waals surface area contributed by atoms with Crippen LogP contribution in [0.3, 0.4) is 0 Å². The predicted octanol–water partition coefficient (Wildman–Crippen LogP) is -0.306. The summed E-state index contributed by atoms with van der Waals surface area (Å²) < 4.78 is 4.98. The fourth-order valence-corrected chi connectivity index (χ4v) is 2.36. The van der Waals surface area contributed by atoms with Crippen LogP contribution in [0.25, 0.3) is 0 Å². The van der Waals surface area contributed by atoms with Gasteiger partial charge in [0, 0.05) is 45.8 Å². The molecule has 22 heavy (non-hydrogen) atoms. The van der Waals surface area contributed by atoms with E-state index in [0.717, 1.165) is 13.1 Å². The highest BCUT2D eigenvalue weighted by molar-refractivity contribution is 4.86. The molecule has 2 aliphatic rings. The molecule has 0 saturated carbocycles. The average molecular weight is 319 g/mol. The van der Waals surface area contributed by atoms with E-state index in [1.54, 1.807) is 0 Å². The number of nitrogens with zero attached hydrogens (tertiary/aromatic N) is 2. The highest BCUT2D eigenvalue weighted by Gasteiger charge is 2.36. The lowest BCUT2D eigenvalue weighted by Gasteiger charge is -2.39. The highest BCUT2D eigenvalue weighted by Crippen LogP contribution is 2.25. The Morgan fingerprint density at radius 2 is 1.64 bits per heavy atom. The van der Waals surface area contributed by atoms with Gasteiger partial charge in [0.25, 0.3) is 0 Å². The van der Waals surface area contributed by atoms with Gasteiger partial charge in [0.1, 0.15) is 0 Å². The van der Waals surface area contributed by atoms with Crippen LogP contribution in [0.2, 0.25) is 0 Å². The minimum Gasteiger partial charge on any atom is -0.396 e. The molecule has 0 aromatic heterocycles. The van der Waals surface area contributed by atoms with Crippen LogP contribution in [0.15, 0.2) is 0 Å². The summed E-state index contributed by atoms with van der Waals surface area (Å²) in [6.07, 6.45) is 0. The Bertz CT molecular complexity index is 234. The molecular weight excluding hydrogens is 280 g/mol. The van der Waals surface area contributed by atoms with E-state index in [9.17, 15) is 0 Å². The first-order valence-electron chi connectivity index (χ1n) is 8.54. The van der Waals surface area contributed by atoms with Crippen molar-refractivity contribution >= 4 is 0 Å². The zero-order chi connectivity index (χ0) is 16.8. The van der Waals surface area contributed by atoms with Gasteiger partial charge >= 0.3 is 0 Å². The van der Waals surface area contributed by atoms with Gasteiger partial charge in [0.15, 0.2) is 0 Å². The van der Waals surface area contributed by atoms with Gasteiger partial charge in [-0.1, -0.05) is 13.8 Å². The Labute approximate surface area is 137 Å². The Morgan fingerprint density at radius 1 is 1.05 bits per heavy atom. The number of nitrogens with one attached hydrogen (secondary N) is 2. The zero-order valence-electron chi connectivity index (χ0n) is 15.3. The van der Waals surface area contributed by atoms with Crippen LogP contribution < -0.4 is 10.6 Å². The third kappa shape index (κ3) is 8.41. The first-order valence-corrected chi connectivity index (χ1v) is 8.54. The van der Waals surface area contributed by atoms with E-state index < -0.39 is 0 Å². The first kappa shape index (κ1) is 21.8. The van der Waals surface area contributed by atoms with Gasteiger partial charge in [0.2, 0.25) is 0 Å². The third-order valence-electron chi connectivity index (χ3n) is 3.98. The summed E-state index contributed by atoms with van der Waals surface area (Å²) in [4.78, 5) is 4.90. The largest absolute Gasteiger partial charge is 0.396 e. The number of rotatable bonds is 6. The summed E-state index contributed by atoms with van der Waals surface area (Å²) in [5.41, 5.74) is 0.0365. The van der Waals surface area contributed by atoms with Crippen LogP contribution in [0.5, 0.6) is 0 Å². The van der Waals surface area contributed by atoms with Crippen molar-refractivity contribution in [1.29, 1.82) is 0 Å². The van der Waals surface area contributed by atoms with E-state index in [2.05, 4.69) is 27.5 Å². The van der Waals surface area contributed by atoms with Gasteiger partial charge in [0.05, 0.1) is 25.2 Å². The molecule has 3 N–H and O–H groups in total. The van der Waals surface area contributed by atoms with Crippen molar-refractivity contribution in [2.24, 2.45) is 5.41 Å². The van der Waals surface area contributed by atoms with Crippen molar-refractivity contribution in [3.8, 4) is 0 Å². The number of ether oxygens (including phenoxy) is 1. The van der Waals surface area contributed by atoms with Crippen molar-refractivity contribution in [1.82, 2.24) is 20.4 Å². The standard InChI is InChI=1S/C8H19N3.C6H13NO2.C2H6/c1-9-3-4-11-7-5-10(2)6-8-11;1-7-2-6(3-8)4-9-5-6;1-2/h9H,3-8H2,1-2H3;7-8H,2-5H2,1H3;1-2H3. The molecule has 2 heterocycles. The van der Waals surface area contributed by atoms with Gasteiger partial charge in [-0.25, -0.2) is 0 Å². The molecule has 0 unspecified atom stereocenters. The highest BCUT2D eigenvalue weighted by atomic mass is 16.5. The predicted molar refractivity (Wildman–Crippen MR) is 93.5 cm³/mol. The van der Waals surface area contributed by atoms with Gasteiger partial charge in [-0.2, -0.15) is 0 Å². The lowest BCUT2D eigenvalue weighted by molar-refractivity contribution is -0.133. The monoisotopic (exact) mass is 318 g/mol. The maximum Gasteiger partial charge on any atom is 0.0579 e. The second kappa shape index (κ2) is 13.2. The molecule has 0 bridgehead atoms. The van der Waals surface area contributed by atoms with Crippen molar-refractivity contribution in [2.45, 2.75) is 13.8 Å². The first-order chi connectivity index (χ1) is 10.7. The molecule has 0 amide bonds. The summed E-state index contributed by atoms with van der Waals surface area (Å²) in [6, 6.07) is 0. The lowest BCUT2D eigenvalue weighted by atomic mass is 9.87. The summed E-state index contributed by atoms with van der Waals surface area (Å²) in [7, 11) is 6.08. The maximum atomic E-state index is 8.85.